The summed E-state index contributed by atoms with van der Waals surface area (Å²) >= 11 is 0. The van der Waals surface area contributed by atoms with E-state index < -0.39 is 5.60 Å². The number of benzene rings is 1. The van der Waals surface area contributed by atoms with Gasteiger partial charge in [-0.2, -0.15) is 0 Å². The van der Waals surface area contributed by atoms with E-state index in [9.17, 15) is 9.90 Å². The van der Waals surface area contributed by atoms with Gasteiger partial charge in [0.25, 0.3) is 5.91 Å². The smallest absolute Gasteiger partial charge is 0.258 e. The minimum absolute atomic E-state index is 0.0502. The molecule has 5 nitrogen and oxygen atoms in total. The van der Waals surface area contributed by atoms with E-state index >= 15 is 0 Å². The Morgan fingerprint density at radius 3 is 2.82 bits per heavy atom. The van der Waals surface area contributed by atoms with Crippen LogP contribution in [-0.4, -0.2) is 26.2 Å². The largest absolute Gasteiger partial charge is 0.380 e. The van der Waals surface area contributed by atoms with E-state index in [2.05, 4.69) is 10.3 Å². The topological polar surface area (TPSA) is 67.2 Å². The Morgan fingerprint density at radius 2 is 2.23 bits per heavy atom. The first-order valence-electron chi connectivity index (χ1n) is 7.94. The lowest BCUT2D eigenvalue weighted by Crippen LogP contribution is -2.49. The third kappa shape index (κ3) is 2.39. The molecule has 1 aliphatic rings. The molecule has 0 aliphatic heterocycles. The van der Waals surface area contributed by atoms with Gasteiger partial charge in [0.2, 0.25) is 5.95 Å². The number of amides is 1. The van der Waals surface area contributed by atoms with Gasteiger partial charge in [-0.3, -0.25) is 10.1 Å². The average molecular weight is 301 g/mol. The third-order valence-electron chi connectivity index (χ3n) is 4.81. The second-order valence-electron chi connectivity index (χ2n) is 6.40. The second-order valence-corrected chi connectivity index (χ2v) is 6.40. The number of hydrogen-bond acceptors (Lipinski definition) is 3. The van der Waals surface area contributed by atoms with Crippen LogP contribution in [-0.2, 0) is 11.3 Å². The molecule has 0 saturated heterocycles. The summed E-state index contributed by atoms with van der Waals surface area (Å²) < 4.78 is 1.96. The van der Waals surface area contributed by atoms with Gasteiger partial charge in [0.05, 0.1) is 11.0 Å². The average Bonchev–Trinajstić information content (AvgIpc) is 2.72. The van der Waals surface area contributed by atoms with E-state index in [1.54, 1.807) is 6.92 Å². The predicted octanol–water partition coefficient (Wildman–Crippen LogP) is 2.85. The van der Waals surface area contributed by atoms with Crippen LogP contribution in [0.2, 0.25) is 0 Å². The van der Waals surface area contributed by atoms with Crippen LogP contribution in [0, 0.1) is 12.8 Å². The monoisotopic (exact) mass is 301 g/mol. The van der Waals surface area contributed by atoms with Gasteiger partial charge in [-0.1, -0.05) is 12.5 Å². The number of rotatable bonds is 4. The number of nitrogens with zero attached hydrogens (tertiary/aromatic N) is 2. The quantitative estimate of drug-likeness (QED) is 0.912. The van der Waals surface area contributed by atoms with E-state index in [1.165, 1.54) is 0 Å². The van der Waals surface area contributed by atoms with Gasteiger partial charge in [0.15, 0.2) is 0 Å². The summed E-state index contributed by atoms with van der Waals surface area (Å²) in [6.07, 6.45) is 2.90. The lowest BCUT2D eigenvalue weighted by Gasteiger charge is -2.37. The van der Waals surface area contributed by atoms with Crippen LogP contribution < -0.4 is 5.32 Å². The molecule has 5 heteroatoms. The van der Waals surface area contributed by atoms with E-state index in [1.807, 2.05) is 36.6 Å². The number of aromatic nitrogens is 2. The number of aliphatic hydroxyl groups is 1. The predicted molar refractivity (Wildman–Crippen MR) is 86.7 cm³/mol. The number of anilines is 1. The molecule has 1 atom stereocenters. The molecule has 1 aromatic carbocycles. The van der Waals surface area contributed by atoms with E-state index in [0.29, 0.717) is 12.5 Å². The van der Waals surface area contributed by atoms with Crippen molar-refractivity contribution in [3.8, 4) is 0 Å². The van der Waals surface area contributed by atoms with Crippen molar-refractivity contribution in [2.24, 2.45) is 5.92 Å². The number of fused-ring (bicyclic) bond motifs is 1. The van der Waals surface area contributed by atoms with Gasteiger partial charge in [0.1, 0.15) is 5.60 Å². The van der Waals surface area contributed by atoms with Crippen molar-refractivity contribution in [2.45, 2.75) is 52.2 Å². The fraction of sp³-hybridized carbons (Fsp3) is 0.529. The number of hydrogen-bond donors (Lipinski definition) is 2. The second kappa shape index (κ2) is 5.39. The van der Waals surface area contributed by atoms with Crippen molar-refractivity contribution in [1.29, 1.82) is 0 Å². The number of nitrogens with one attached hydrogen (secondary N) is 1. The van der Waals surface area contributed by atoms with Gasteiger partial charge in [-0.05, 0) is 57.2 Å². The van der Waals surface area contributed by atoms with Crippen LogP contribution in [0.15, 0.2) is 18.2 Å². The number of carbonyl (C=O) groups is 1. The Morgan fingerprint density at radius 1 is 1.50 bits per heavy atom. The van der Waals surface area contributed by atoms with Gasteiger partial charge < -0.3 is 9.67 Å². The van der Waals surface area contributed by atoms with Crippen LogP contribution in [0.1, 0.15) is 38.7 Å². The maximum absolute atomic E-state index is 12.5. The number of aryl methyl sites for hydroxylation is 2. The van der Waals surface area contributed by atoms with Crippen molar-refractivity contribution in [2.75, 3.05) is 5.32 Å². The Kier molecular flexibility index (Phi) is 3.68. The fourth-order valence-electron chi connectivity index (χ4n) is 3.04. The maximum atomic E-state index is 12.5. The first-order valence-corrected chi connectivity index (χ1v) is 7.94. The van der Waals surface area contributed by atoms with Crippen LogP contribution in [0.3, 0.4) is 0 Å². The summed E-state index contributed by atoms with van der Waals surface area (Å²) in [4.78, 5) is 17.0. The Labute approximate surface area is 130 Å². The summed E-state index contributed by atoms with van der Waals surface area (Å²) in [5.74, 6) is 0.195. The molecule has 0 radical (unpaired) electrons. The lowest BCUT2D eigenvalue weighted by atomic mass is 9.73. The van der Waals surface area contributed by atoms with Crippen molar-refractivity contribution in [3.05, 3.63) is 23.8 Å². The van der Waals surface area contributed by atoms with Crippen LogP contribution >= 0.6 is 0 Å². The summed E-state index contributed by atoms with van der Waals surface area (Å²) in [7, 11) is 0. The highest BCUT2D eigenvalue weighted by Crippen LogP contribution is 2.36. The van der Waals surface area contributed by atoms with Crippen LogP contribution in [0.4, 0.5) is 5.95 Å². The molecule has 1 unspecified atom stereocenters. The van der Waals surface area contributed by atoms with Crippen LogP contribution in [0.25, 0.3) is 11.0 Å². The molecule has 2 aromatic rings. The van der Waals surface area contributed by atoms with Crippen molar-refractivity contribution < 1.29 is 9.90 Å². The summed E-state index contributed by atoms with van der Waals surface area (Å²) in [5.41, 5.74) is 1.66. The van der Waals surface area contributed by atoms with Crippen LogP contribution in [0.5, 0.6) is 0 Å². The highest BCUT2D eigenvalue weighted by molar-refractivity contribution is 5.97. The SMILES string of the molecule is CCn1c(NC(=O)C(C)(O)C2CCC2)nc2cc(C)ccc21. The molecular formula is C17H23N3O2. The first kappa shape index (κ1) is 15.0. The molecule has 1 aliphatic carbocycles. The van der Waals surface area contributed by atoms with Gasteiger partial charge >= 0.3 is 0 Å². The van der Waals surface area contributed by atoms with Crippen molar-refractivity contribution in [3.63, 3.8) is 0 Å². The molecule has 3 rings (SSSR count). The summed E-state index contributed by atoms with van der Waals surface area (Å²) in [6, 6.07) is 6.05. The van der Waals surface area contributed by atoms with E-state index in [0.717, 1.165) is 35.9 Å². The fourth-order valence-corrected chi connectivity index (χ4v) is 3.04. The van der Waals surface area contributed by atoms with Gasteiger partial charge in [-0.25, -0.2) is 4.98 Å². The molecular weight excluding hydrogens is 278 g/mol. The Balaban J connectivity index is 1.91. The van der Waals surface area contributed by atoms with Crippen molar-refractivity contribution in [1.82, 2.24) is 9.55 Å². The van der Waals surface area contributed by atoms with Gasteiger partial charge in [0, 0.05) is 6.54 Å². The molecule has 0 bridgehead atoms. The Hall–Kier alpha value is -1.88. The molecule has 1 saturated carbocycles. The molecule has 0 spiro atoms. The lowest BCUT2D eigenvalue weighted by molar-refractivity contribution is -0.141. The zero-order chi connectivity index (χ0) is 15.9. The normalized spacial score (nSPS) is 18.0. The van der Waals surface area contributed by atoms with Gasteiger partial charge in [-0.15, -0.1) is 0 Å². The molecule has 22 heavy (non-hydrogen) atoms. The highest BCUT2D eigenvalue weighted by Gasteiger charge is 2.42. The minimum Gasteiger partial charge on any atom is -0.380 e. The molecule has 2 N–H and O–H groups in total. The molecule has 118 valence electrons. The molecule has 1 fully saturated rings. The van der Waals surface area contributed by atoms with E-state index in [4.69, 9.17) is 0 Å². The minimum atomic E-state index is -1.33. The highest BCUT2D eigenvalue weighted by atomic mass is 16.3. The summed E-state index contributed by atoms with van der Waals surface area (Å²) in [5, 5.41) is 13.3. The maximum Gasteiger partial charge on any atom is 0.258 e. The number of carbonyl (C=O) groups excluding carboxylic acids is 1. The first-order chi connectivity index (χ1) is 10.4. The summed E-state index contributed by atoms with van der Waals surface area (Å²) in [6.45, 7) is 6.35. The standard InChI is InChI=1S/C17H23N3O2/c1-4-20-14-9-8-11(2)10-13(14)18-16(20)19-15(21)17(3,22)12-6-5-7-12/h8-10,12,22H,4-7H2,1-3H3,(H,18,19,21). The Bertz CT molecular complexity index is 714. The molecule has 1 aromatic heterocycles. The zero-order valence-corrected chi connectivity index (χ0v) is 13.4. The zero-order valence-electron chi connectivity index (χ0n) is 13.4. The molecule has 1 heterocycles. The number of imidazole rings is 1. The van der Waals surface area contributed by atoms with E-state index in [-0.39, 0.29) is 11.8 Å². The third-order valence-corrected chi connectivity index (χ3v) is 4.81. The van der Waals surface area contributed by atoms with Crippen molar-refractivity contribution >= 4 is 22.9 Å². The molecule has 1 amide bonds.